The number of aromatic nitrogens is 1. The molecule has 21 heavy (non-hydrogen) atoms. The zero-order valence-corrected chi connectivity index (χ0v) is 13.3. The van der Waals surface area contributed by atoms with Crippen LogP contribution in [0, 0.1) is 0 Å². The van der Waals surface area contributed by atoms with Gasteiger partial charge >= 0.3 is 0 Å². The normalized spacial score (nSPS) is 11.8. The molecule has 0 aliphatic carbocycles. The van der Waals surface area contributed by atoms with Crippen molar-refractivity contribution >= 4 is 28.1 Å². The van der Waals surface area contributed by atoms with Gasteiger partial charge in [-0.25, -0.2) is 10.8 Å². The highest BCUT2D eigenvalue weighted by molar-refractivity contribution is 7.13. The fourth-order valence-electron chi connectivity index (χ4n) is 2.37. The average molecular weight is 297 g/mol. The van der Waals surface area contributed by atoms with Crippen LogP contribution in [0.4, 0.5) is 5.82 Å². The molecule has 3 nitrogen and oxygen atoms in total. The minimum absolute atomic E-state index is 0.127. The van der Waals surface area contributed by atoms with Crippen LogP contribution in [0.2, 0.25) is 0 Å². The van der Waals surface area contributed by atoms with Crippen molar-refractivity contribution in [3.63, 3.8) is 0 Å². The molecule has 108 valence electrons. The lowest BCUT2D eigenvalue weighted by Crippen LogP contribution is -2.12. The van der Waals surface area contributed by atoms with E-state index in [2.05, 4.69) is 66.9 Å². The number of benzene rings is 1. The minimum Gasteiger partial charge on any atom is -0.308 e. The van der Waals surface area contributed by atoms with Gasteiger partial charge in [-0.1, -0.05) is 32.9 Å². The second-order valence-electron chi connectivity index (χ2n) is 6.16. The number of pyridine rings is 1. The molecular weight excluding hydrogens is 278 g/mol. The predicted molar refractivity (Wildman–Crippen MR) is 91.6 cm³/mol. The second kappa shape index (κ2) is 5.13. The molecule has 3 rings (SSSR count). The summed E-state index contributed by atoms with van der Waals surface area (Å²) in [5, 5.41) is 3.20. The largest absolute Gasteiger partial charge is 0.308 e. The van der Waals surface area contributed by atoms with Crippen molar-refractivity contribution in [2.45, 2.75) is 26.2 Å². The molecule has 3 N–H and O–H groups in total. The van der Waals surface area contributed by atoms with Crippen molar-refractivity contribution in [3.05, 3.63) is 47.3 Å². The first kappa shape index (κ1) is 14.0. The topological polar surface area (TPSA) is 50.9 Å². The Morgan fingerprint density at radius 2 is 1.95 bits per heavy atom. The minimum atomic E-state index is 0.127. The average Bonchev–Trinajstić information content (AvgIpc) is 2.98. The van der Waals surface area contributed by atoms with Crippen LogP contribution in [-0.2, 0) is 5.41 Å². The summed E-state index contributed by atoms with van der Waals surface area (Å²) in [4.78, 5) is 5.81. The summed E-state index contributed by atoms with van der Waals surface area (Å²) < 4.78 is 0. The molecule has 0 amide bonds. The van der Waals surface area contributed by atoms with E-state index in [1.807, 2.05) is 6.07 Å². The number of nitrogens with zero attached hydrogens (tertiary/aromatic N) is 1. The lowest BCUT2D eigenvalue weighted by atomic mass is 9.86. The Morgan fingerprint density at radius 1 is 1.14 bits per heavy atom. The van der Waals surface area contributed by atoms with Gasteiger partial charge in [0.25, 0.3) is 0 Å². The first-order chi connectivity index (χ1) is 9.99. The number of hydrogen-bond donors (Lipinski definition) is 2. The fraction of sp³-hybridized carbons (Fsp3) is 0.235. The number of fused-ring (bicyclic) bond motifs is 1. The molecule has 0 radical (unpaired) electrons. The fourth-order valence-corrected chi connectivity index (χ4v) is 3.12. The van der Waals surface area contributed by atoms with Gasteiger partial charge in [0.05, 0.1) is 5.52 Å². The standard InChI is InChI=1S/C17H19N3S/c1-17(2,3)12-6-7-14-11(9-12)10-13(16(19-14)20-18)15-5-4-8-21-15/h4-10H,18H2,1-3H3,(H,19,20). The van der Waals surface area contributed by atoms with Crippen LogP contribution in [0.15, 0.2) is 41.8 Å². The number of anilines is 1. The quantitative estimate of drug-likeness (QED) is 0.539. The van der Waals surface area contributed by atoms with E-state index < -0.39 is 0 Å². The van der Waals surface area contributed by atoms with E-state index in [4.69, 9.17) is 5.84 Å². The molecular formula is C17H19N3S. The zero-order chi connectivity index (χ0) is 15.0. The summed E-state index contributed by atoms with van der Waals surface area (Å²) >= 11 is 1.69. The molecule has 0 saturated heterocycles. The van der Waals surface area contributed by atoms with E-state index in [0.29, 0.717) is 5.82 Å². The van der Waals surface area contributed by atoms with Crippen LogP contribution in [0.25, 0.3) is 21.3 Å². The summed E-state index contributed by atoms with van der Waals surface area (Å²) in [6, 6.07) is 12.7. The molecule has 0 atom stereocenters. The van der Waals surface area contributed by atoms with E-state index in [0.717, 1.165) is 16.5 Å². The smallest absolute Gasteiger partial charge is 0.149 e. The highest BCUT2D eigenvalue weighted by Gasteiger charge is 2.15. The van der Waals surface area contributed by atoms with Crippen molar-refractivity contribution in [2.75, 3.05) is 5.43 Å². The Balaban J connectivity index is 2.23. The van der Waals surface area contributed by atoms with Gasteiger partial charge < -0.3 is 5.43 Å². The van der Waals surface area contributed by atoms with Crippen molar-refractivity contribution in [1.29, 1.82) is 0 Å². The van der Waals surface area contributed by atoms with Gasteiger partial charge in [0, 0.05) is 15.8 Å². The van der Waals surface area contributed by atoms with E-state index in [9.17, 15) is 0 Å². The third kappa shape index (κ3) is 2.64. The van der Waals surface area contributed by atoms with E-state index in [-0.39, 0.29) is 5.41 Å². The highest BCUT2D eigenvalue weighted by atomic mass is 32.1. The monoisotopic (exact) mass is 297 g/mol. The molecule has 0 fully saturated rings. The summed E-state index contributed by atoms with van der Waals surface area (Å²) in [5.41, 5.74) is 6.15. The molecule has 1 aromatic carbocycles. The Morgan fingerprint density at radius 3 is 2.57 bits per heavy atom. The van der Waals surface area contributed by atoms with Gasteiger partial charge in [-0.05, 0) is 40.6 Å². The number of nitrogens with two attached hydrogens (primary N) is 1. The Bertz CT molecular complexity index is 771. The van der Waals surface area contributed by atoms with Gasteiger partial charge in [0.15, 0.2) is 0 Å². The van der Waals surface area contributed by atoms with Crippen molar-refractivity contribution in [2.24, 2.45) is 5.84 Å². The molecule has 4 heteroatoms. The molecule has 2 aromatic heterocycles. The summed E-state index contributed by atoms with van der Waals surface area (Å²) in [6.45, 7) is 6.66. The number of nitrogens with one attached hydrogen (secondary N) is 1. The highest BCUT2D eigenvalue weighted by Crippen LogP contribution is 2.34. The molecule has 2 heterocycles. The van der Waals surface area contributed by atoms with Crippen molar-refractivity contribution in [1.82, 2.24) is 4.98 Å². The third-order valence-electron chi connectivity index (χ3n) is 3.60. The maximum atomic E-state index is 5.64. The van der Waals surface area contributed by atoms with Crippen LogP contribution in [0.5, 0.6) is 0 Å². The summed E-state index contributed by atoms with van der Waals surface area (Å²) in [7, 11) is 0. The molecule has 0 aliphatic heterocycles. The maximum Gasteiger partial charge on any atom is 0.149 e. The molecule has 3 aromatic rings. The van der Waals surface area contributed by atoms with Crippen LogP contribution >= 0.6 is 11.3 Å². The Kier molecular flexibility index (Phi) is 3.43. The second-order valence-corrected chi connectivity index (χ2v) is 7.11. The lowest BCUT2D eigenvalue weighted by molar-refractivity contribution is 0.591. The number of rotatable bonds is 2. The Labute approximate surface area is 128 Å². The molecule has 0 bridgehead atoms. The predicted octanol–water partition coefficient (Wildman–Crippen LogP) is 4.55. The molecule has 0 unspecified atom stereocenters. The molecule has 0 aliphatic rings. The number of thiophene rings is 1. The lowest BCUT2D eigenvalue weighted by Gasteiger charge is -2.19. The Hall–Kier alpha value is -1.91. The van der Waals surface area contributed by atoms with Crippen LogP contribution in [0.1, 0.15) is 26.3 Å². The SMILES string of the molecule is CC(C)(C)c1ccc2nc(NN)c(-c3cccs3)cc2c1. The first-order valence-electron chi connectivity index (χ1n) is 6.95. The van der Waals surface area contributed by atoms with Crippen molar-refractivity contribution in [3.8, 4) is 10.4 Å². The van der Waals surface area contributed by atoms with Gasteiger partial charge in [-0.3, -0.25) is 0 Å². The van der Waals surface area contributed by atoms with Crippen molar-refractivity contribution < 1.29 is 0 Å². The first-order valence-corrected chi connectivity index (χ1v) is 7.83. The van der Waals surface area contributed by atoms with Gasteiger partial charge in [-0.15, -0.1) is 11.3 Å². The van der Waals surface area contributed by atoms with E-state index >= 15 is 0 Å². The van der Waals surface area contributed by atoms with Crippen LogP contribution < -0.4 is 11.3 Å². The molecule has 0 spiro atoms. The summed E-state index contributed by atoms with van der Waals surface area (Å²) in [5.74, 6) is 6.36. The zero-order valence-electron chi connectivity index (χ0n) is 12.5. The van der Waals surface area contributed by atoms with E-state index in [1.54, 1.807) is 11.3 Å². The number of hydrazine groups is 1. The number of hydrogen-bond acceptors (Lipinski definition) is 4. The maximum absolute atomic E-state index is 5.64. The van der Waals surface area contributed by atoms with E-state index in [1.165, 1.54) is 10.4 Å². The summed E-state index contributed by atoms with van der Waals surface area (Å²) in [6.07, 6.45) is 0. The number of nitrogen functional groups attached to an aromatic ring is 1. The van der Waals surface area contributed by atoms with Gasteiger partial charge in [0.2, 0.25) is 0 Å². The van der Waals surface area contributed by atoms with Gasteiger partial charge in [-0.2, -0.15) is 0 Å². The van der Waals surface area contributed by atoms with Gasteiger partial charge in [0.1, 0.15) is 5.82 Å². The molecule has 0 saturated carbocycles. The van der Waals surface area contributed by atoms with Crippen LogP contribution in [-0.4, -0.2) is 4.98 Å². The third-order valence-corrected chi connectivity index (χ3v) is 4.51. The van der Waals surface area contributed by atoms with Crippen LogP contribution in [0.3, 0.4) is 0 Å².